The first-order valence-electron chi connectivity index (χ1n) is 5.53. The van der Waals surface area contributed by atoms with Crippen LogP contribution in [-0.2, 0) is 6.61 Å². The van der Waals surface area contributed by atoms with Gasteiger partial charge in [0.1, 0.15) is 12.4 Å². The molecular formula is C14H11Cl2NO2. The van der Waals surface area contributed by atoms with Crippen LogP contribution in [0.25, 0.3) is 0 Å². The zero-order valence-corrected chi connectivity index (χ0v) is 11.4. The molecule has 0 unspecified atom stereocenters. The molecule has 0 bridgehead atoms. The molecule has 0 saturated heterocycles. The molecule has 2 rings (SSSR count). The van der Waals surface area contributed by atoms with Gasteiger partial charge in [-0.3, -0.25) is 4.79 Å². The topological polar surface area (TPSA) is 52.3 Å². The average molecular weight is 296 g/mol. The zero-order valence-electron chi connectivity index (χ0n) is 9.90. The molecule has 0 aliphatic carbocycles. The summed E-state index contributed by atoms with van der Waals surface area (Å²) >= 11 is 11.8. The third-order valence-electron chi connectivity index (χ3n) is 2.50. The van der Waals surface area contributed by atoms with Crippen LogP contribution < -0.4 is 10.5 Å². The Kier molecular flexibility index (Phi) is 4.30. The van der Waals surface area contributed by atoms with Crippen molar-refractivity contribution in [1.29, 1.82) is 0 Å². The third kappa shape index (κ3) is 3.63. The molecule has 2 aromatic rings. The van der Waals surface area contributed by atoms with E-state index >= 15 is 0 Å². The summed E-state index contributed by atoms with van der Waals surface area (Å²) in [7, 11) is 0. The maximum absolute atomic E-state index is 11.1. The summed E-state index contributed by atoms with van der Waals surface area (Å²) in [6.45, 7) is 0.294. The summed E-state index contributed by atoms with van der Waals surface area (Å²) in [5.41, 5.74) is 6.50. The smallest absolute Gasteiger partial charge is 0.248 e. The number of hydrogen-bond acceptors (Lipinski definition) is 2. The Bertz CT molecular complexity index is 614. The normalized spacial score (nSPS) is 10.2. The van der Waals surface area contributed by atoms with Crippen molar-refractivity contribution < 1.29 is 9.53 Å². The van der Waals surface area contributed by atoms with Gasteiger partial charge in [0, 0.05) is 10.6 Å². The minimum atomic E-state index is -0.466. The number of carbonyl (C=O) groups excluding carboxylic acids is 1. The summed E-state index contributed by atoms with van der Waals surface area (Å²) < 4.78 is 5.57. The summed E-state index contributed by atoms with van der Waals surface area (Å²) in [4.78, 5) is 11.1. The van der Waals surface area contributed by atoms with Crippen LogP contribution in [-0.4, -0.2) is 5.91 Å². The summed E-state index contributed by atoms with van der Waals surface area (Å²) in [5.74, 6) is 0.0712. The number of benzene rings is 2. The van der Waals surface area contributed by atoms with E-state index in [1.54, 1.807) is 36.4 Å². The van der Waals surface area contributed by atoms with Gasteiger partial charge >= 0.3 is 0 Å². The van der Waals surface area contributed by atoms with Gasteiger partial charge in [0.2, 0.25) is 5.91 Å². The first kappa shape index (κ1) is 13.7. The first-order valence-corrected chi connectivity index (χ1v) is 6.28. The van der Waals surface area contributed by atoms with Crippen molar-refractivity contribution in [2.45, 2.75) is 6.61 Å². The fourth-order valence-corrected chi connectivity index (χ4v) is 2.03. The van der Waals surface area contributed by atoms with Gasteiger partial charge in [-0.25, -0.2) is 0 Å². The number of hydrogen-bond donors (Lipinski definition) is 1. The predicted octanol–water partition coefficient (Wildman–Crippen LogP) is 3.67. The largest absolute Gasteiger partial charge is 0.487 e. The van der Waals surface area contributed by atoms with Crippen molar-refractivity contribution in [3.05, 3.63) is 63.6 Å². The van der Waals surface area contributed by atoms with Crippen LogP contribution in [0.15, 0.2) is 42.5 Å². The molecule has 0 heterocycles. The molecule has 1 amide bonds. The molecule has 0 spiro atoms. The van der Waals surface area contributed by atoms with Gasteiger partial charge in [0.05, 0.1) is 5.02 Å². The highest BCUT2D eigenvalue weighted by Crippen LogP contribution is 2.28. The van der Waals surface area contributed by atoms with Gasteiger partial charge in [0.25, 0.3) is 0 Å². The number of halogens is 2. The Morgan fingerprint density at radius 1 is 1.16 bits per heavy atom. The Balaban J connectivity index is 2.10. The van der Waals surface area contributed by atoms with Crippen molar-refractivity contribution >= 4 is 29.1 Å². The van der Waals surface area contributed by atoms with E-state index in [0.29, 0.717) is 28.0 Å². The zero-order chi connectivity index (χ0) is 13.8. The minimum Gasteiger partial charge on any atom is -0.487 e. The molecular weight excluding hydrogens is 285 g/mol. The third-order valence-corrected chi connectivity index (χ3v) is 3.03. The molecule has 0 radical (unpaired) electrons. The minimum absolute atomic E-state index is 0.294. The molecule has 0 aromatic heterocycles. The monoisotopic (exact) mass is 295 g/mol. The lowest BCUT2D eigenvalue weighted by atomic mass is 10.1. The number of amides is 1. The van der Waals surface area contributed by atoms with Crippen LogP contribution in [0.1, 0.15) is 15.9 Å². The van der Waals surface area contributed by atoms with E-state index in [1.807, 2.05) is 6.07 Å². The molecule has 0 aliphatic heterocycles. The Labute approximate surface area is 120 Å². The summed E-state index contributed by atoms with van der Waals surface area (Å²) in [6.07, 6.45) is 0. The van der Waals surface area contributed by atoms with E-state index in [0.717, 1.165) is 5.56 Å². The highest BCUT2D eigenvalue weighted by molar-refractivity contribution is 6.35. The standard InChI is InChI=1S/C14H11Cl2NO2/c15-11-4-5-13(12(16)7-11)19-8-9-2-1-3-10(6-9)14(17)18/h1-7H,8H2,(H2,17,18). The second kappa shape index (κ2) is 5.95. The first-order chi connectivity index (χ1) is 9.06. The maximum Gasteiger partial charge on any atom is 0.248 e. The van der Waals surface area contributed by atoms with Gasteiger partial charge in [-0.2, -0.15) is 0 Å². The molecule has 5 heteroatoms. The van der Waals surface area contributed by atoms with Gasteiger partial charge in [-0.15, -0.1) is 0 Å². The van der Waals surface area contributed by atoms with E-state index in [9.17, 15) is 4.79 Å². The van der Waals surface area contributed by atoms with E-state index in [4.69, 9.17) is 33.7 Å². The van der Waals surface area contributed by atoms with Crippen LogP contribution in [0.5, 0.6) is 5.75 Å². The van der Waals surface area contributed by atoms with Crippen molar-refractivity contribution in [2.24, 2.45) is 5.73 Å². The lowest BCUT2D eigenvalue weighted by molar-refractivity contribution is 0.1000. The van der Waals surface area contributed by atoms with Crippen molar-refractivity contribution in [3.63, 3.8) is 0 Å². The summed E-state index contributed by atoms with van der Waals surface area (Å²) in [6, 6.07) is 11.9. The maximum atomic E-state index is 11.1. The molecule has 0 aliphatic rings. The molecule has 3 nitrogen and oxygen atoms in total. The van der Waals surface area contributed by atoms with Gasteiger partial charge in [-0.1, -0.05) is 35.3 Å². The van der Waals surface area contributed by atoms with Crippen LogP contribution >= 0.6 is 23.2 Å². The predicted molar refractivity (Wildman–Crippen MR) is 75.8 cm³/mol. The number of nitrogens with two attached hydrogens (primary N) is 1. The lowest BCUT2D eigenvalue weighted by Gasteiger charge is -2.08. The fraction of sp³-hybridized carbons (Fsp3) is 0.0714. The van der Waals surface area contributed by atoms with Crippen LogP contribution in [0.4, 0.5) is 0 Å². The van der Waals surface area contributed by atoms with Crippen molar-refractivity contribution in [1.82, 2.24) is 0 Å². The Morgan fingerprint density at radius 3 is 2.63 bits per heavy atom. The van der Waals surface area contributed by atoms with Crippen LogP contribution in [0.3, 0.4) is 0 Å². The van der Waals surface area contributed by atoms with Crippen LogP contribution in [0, 0.1) is 0 Å². The number of ether oxygens (including phenoxy) is 1. The number of primary amides is 1. The molecule has 2 aromatic carbocycles. The molecule has 98 valence electrons. The quantitative estimate of drug-likeness (QED) is 0.935. The van der Waals surface area contributed by atoms with E-state index in [2.05, 4.69) is 0 Å². The molecule has 0 fully saturated rings. The highest BCUT2D eigenvalue weighted by atomic mass is 35.5. The SMILES string of the molecule is NC(=O)c1cccc(COc2ccc(Cl)cc2Cl)c1. The second-order valence-electron chi connectivity index (χ2n) is 3.93. The second-order valence-corrected chi connectivity index (χ2v) is 4.77. The highest BCUT2D eigenvalue weighted by Gasteiger charge is 2.05. The van der Waals surface area contributed by atoms with Crippen molar-refractivity contribution in [3.8, 4) is 5.75 Å². The molecule has 2 N–H and O–H groups in total. The van der Waals surface area contributed by atoms with Crippen LogP contribution in [0.2, 0.25) is 10.0 Å². The number of rotatable bonds is 4. The van der Waals surface area contributed by atoms with Crippen molar-refractivity contribution in [2.75, 3.05) is 0 Å². The van der Waals surface area contributed by atoms with E-state index in [-0.39, 0.29) is 0 Å². The summed E-state index contributed by atoms with van der Waals surface area (Å²) in [5, 5.41) is 0.992. The fourth-order valence-electron chi connectivity index (χ4n) is 1.57. The van der Waals surface area contributed by atoms with E-state index in [1.165, 1.54) is 0 Å². The van der Waals surface area contributed by atoms with Gasteiger partial charge in [-0.05, 0) is 35.9 Å². The lowest BCUT2D eigenvalue weighted by Crippen LogP contribution is -2.11. The molecule has 19 heavy (non-hydrogen) atoms. The Morgan fingerprint density at radius 2 is 1.95 bits per heavy atom. The molecule has 0 atom stereocenters. The van der Waals surface area contributed by atoms with E-state index < -0.39 is 5.91 Å². The molecule has 0 saturated carbocycles. The van der Waals surface area contributed by atoms with Gasteiger partial charge < -0.3 is 10.5 Å². The average Bonchev–Trinajstić information content (AvgIpc) is 2.38. The number of carbonyl (C=O) groups is 1. The Hall–Kier alpha value is -1.71. The van der Waals surface area contributed by atoms with Gasteiger partial charge in [0.15, 0.2) is 0 Å².